The van der Waals surface area contributed by atoms with Crippen molar-refractivity contribution in [2.75, 3.05) is 46.4 Å². The third kappa shape index (κ3) is 6.13. The smallest absolute Gasteiger partial charge is 0.0506 e. The molecule has 1 aliphatic heterocycles. The summed E-state index contributed by atoms with van der Waals surface area (Å²) in [5.41, 5.74) is 0. The number of ether oxygens (including phenoxy) is 1. The van der Waals surface area contributed by atoms with Gasteiger partial charge in [0, 0.05) is 26.2 Å². The lowest BCUT2D eigenvalue weighted by Gasteiger charge is -2.27. The highest BCUT2D eigenvalue weighted by Gasteiger charge is 2.15. The van der Waals surface area contributed by atoms with E-state index in [-0.39, 0.29) is 0 Å². The van der Waals surface area contributed by atoms with Gasteiger partial charge in [-0.1, -0.05) is 6.92 Å². The first-order valence-electron chi connectivity index (χ1n) is 6.30. The minimum atomic E-state index is 0.759. The highest BCUT2D eigenvalue weighted by Crippen LogP contribution is 2.13. The van der Waals surface area contributed by atoms with Crippen LogP contribution in [-0.4, -0.2) is 51.3 Å². The fraction of sp³-hybridized carbons (Fsp3) is 1.00. The van der Waals surface area contributed by atoms with Gasteiger partial charge in [-0.15, -0.1) is 0 Å². The number of hydrogen-bond acceptors (Lipinski definition) is 3. The van der Waals surface area contributed by atoms with E-state index in [1.807, 2.05) is 0 Å². The molecule has 0 bridgehead atoms. The third-order valence-electron chi connectivity index (χ3n) is 2.92. The Labute approximate surface area is 94.2 Å². The van der Waals surface area contributed by atoms with Crippen molar-refractivity contribution < 1.29 is 4.74 Å². The van der Waals surface area contributed by atoms with Crippen LogP contribution in [0.1, 0.15) is 26.2 Å². The van der Waals surface area contributed by atoms with Gasteiger partial charge in [0.25, 0.3) is 0 Å². The average Bonchev–Trinajstić information content (AvgIpc) is 2.26. The number of hydrogen-bond donors (Lipinski definition) is 1. The van der Waals surface area contributed by atoms with Crippen molar-refractivity contribution in [2.45, 2.75) is 26.2 Å². The normalized spacial score (nSPS) is 22.2. The lowest BCUT2D eigenvalue weighted by Crippen LogP contribution is -2.35. The van der Waals surface area contributed by atoms with Gasteiger partial charge in [-0.25, -0.2) is 0 Å². The topological polar surface area (TPSA) is 24.5 Å². The molecule has 0 radical (unpaired) electrons. The van der Waals surface area contributed by atoms with E-state index in [2.05, 4.69) is 24.2 Å². The van der Waals surface area contributed by atoms with E-state index in [0.29, 0.717) is 0 Å². The van der Waals surface area contributed by atoms with Crippen LogP contribution in [0.5, 0.6) is 0 Å². The summed E-state index contributed by atoms with van der Waals surface area (Å²) in [4.78, 5) is 2.42. The molecule has 1 fully saturated rings. The zero-order chi connectivity index (χ0) is 10.9. The molecule has 1 rings (SSSR count). The number of rotatable bonds is 7. The molecule has 0 saturated carbocycles. The van der Waals surface area contributed by atoms with E-state index in [9.17, 15) is 0 Å². The summed E-state index contributed by atoms with van der Waals surface area (Å²) >= 11 is 0. The lowest BCUT2D eigenvalue weighted by molar-refractivity contribution is 0.0422. The molecule has 3 nitrogen and oxygen atoms in total. The molecule has 0 aromatic carbocycles. The first kappa shape index (κ1) is 12.9. The largest absolute Gasteiger partial charge is 0.381 e. The van der Waals surface area contributed by atoms with Gasteiger partial charge in [-0.05, 0) is 38.8 Å². The standard InChI is InChI=1S/C12H26N2O/c1-3-6-13-7-8-14(2)10-12-5-4-9-15-11-12/h12-13H,3-11H2,1-2H3. The van der Waals surface area contributed by atoms with Crippen LogP contribution in [0.25, 0.3) is 0 Å². The van der Waals surface area contributed by atoms with E-state index < -0.39 is 0 Å². The Bertz CT molecular complexity index is 147. The summed E-state index contributed by atoms with van der Waals surface area (Å²) in [6, 6.07) is 0. The summed E-state index contributed by atoms with van der Waals surface area (Å²) in [6.07, 6.45) is 3.81. The first-order chi connectivity index (χ1) is 7.33. The average molecular weight is 214 g/mol. The molecular formula is C12H26N2O. The Morgan fingerprint density at radius 1 is 1.40 bits per heavy atom. The molecule has 1 unspecified atom stereocenters. The Kier molecular flexibility index (Phi) is 6.98. The second-order valence-electron chi connectivity index (χ2n) is 4.60. The van der Waals surface area contributed by atoms with E-state index >= 15 is 0 Å². The highest BCUT2D eigenvalue weighted by atomic mass is 16.5. The SMILES string of the molecule is CCCNCCN(C)CC1CCCOC1. The Morgan fingerprint density at radius 2 is 2.27 bits per heavy atom. The van der Waals surface area contributed by atoms with Crippen molar-refractivity contribution in [2.24, 2.45) is 5.92 Å². The van der Waals surface area contributed by atoms with E-state index in [1.165, 1.54) is 25.8 Å². The number of likely N-dealkylation sites (N-methyl/N-ethyl adjacent to an activating group) is 1. The second kappa shape index (κ2) is 8.08. The maximum atomic E-state index is 5.48. The molecule has 0 amide bonds. The molecular weight excluding hydrogens is 188 g/mol. The van der Waals surface area contributed by atoms with Gasteiger partial charge in [0.05, 0.1) is 6.61 Å². The second-order valence-corrected chi connectivity index (χ2v) is 4.60. The number of nitrogens with zero attached hydrogens (tertiary/aromatic N) is 1. The van der Waals surface area contributed by atoms with Crippen LogP contribution in [0.15, 0.2) is 0 Å². The van der Waals surface area contributed by atoms with Gasteiger partial charge >= 0.3 is 0 Å². The zero-order valence-corrected chi connectivity index (χ0v) is 10.3. The Morgan fingerprint density at radius 3 is 2.93 bits per heavy atom. The summed E-state index contributed by atoms with van der Waals surface area (Å²) in [7, 11) is 2.21. The van der Waals surface area contributed by atoms with Crippen LogP contribution in [0.4, 0.5) is 0 Å². The van der Waals surface area contributed by atoms with Gasteiger partial charge in [0.2, 0.25) is 0 Å². The molecule has 0 spiro atoms. The molecule has 0 aliphatic carbocycles. The van der Waals surface area contributed by atoms with Gasteiger partial charge in [-0.3, -0.25) is 0 Å². The molecule has 3 heteroatoms. The molecule has 1 saturated heterocycles. The first-order valence-corrected chi connectivity index (χ1v) is 6.30. The Balaban J connectivity index is 1.98. The van der Waals surface area contributed by atoms with E-state index in [0.717, 1.165) is 38.8 Å². The van der Waals surface area contributed by atoms with Crippen molar-refractivity contribution >= 4 is 0 Å². The molecule has 1 heterocycles. The molecule has 0 aromatic rings. The number of nitrogens with one attached hydrogen (secondary N) is 1. The van der Waals surface area contributed by atoms with Crippen LogP contribution in [0.3, 0.4) is 0 Å². The van der Waals surface area contributed by atoms with Crippen molar-refractivity contribution in [1.82, 2.24) is 10.2 Å². The maximum absolute atomic E-state index is 5.48. The third-order valence-corrected chi connectivity index (χ3v) is 2.92. The predicted molar refractivity (Wildman–Crippen MR) is 64.2 cm³/mol. The van der Waals surface area contributed by atoms with E-state index in [4.69, 9.17) is 4.74 Å². The van der Waals surface area contributed by atoms with Crippen LogP contribution < -0.4 is 5.32 Å². The van der Waals surface area contributed by atoms with Gasteiger partial charge < -0.3 is 15.0 Å². The fourth-order valence-electron chi connectivity index (χ4n) is 2.06. The summed E-state index contributed by atoms with van der Waals surface area (Å²) in [5, 5.41) is 3.43. The lowest BCUT2D eigenvalue weighted by atomic mass is 10.0. The van der Waals surface area contributed by atoms with Crippen molar-refractivity contribution in [3.8, 4) is 0 Å². The summed E-state index contributed by atoms with van der Waals surface area (Å²) in [5.74, 6) is 0.759. The van der Waals surface area contributed by atoms with Crippen molar-refractivity contribution in [1.29, 1.82) is 0 Å². The van der Waals surface area contributed by atoms with E-state index in [1.54, 1.807) is 0 Å². The van der Waals surface area contributed by atoms with Crippen molar-refractivity contribution in [3.63, 3.8) is 0 Å². The Hall–Kier alpha value is -0.120. The molecule has 1 N–H and O–H groups in total. The maximum Gasteiger partial charge on any atom is 0.0506 e. The minimum Gasteiger partial charge on any atom is -0.381 e. The fourth-order valence-corrected chi connectivity index (χ4v) is 2.06. The van der Waals surface area contributed by atoms with Crippen LogP contribution in [-0.2, 0) is 4.74 Å². The highest BCUT2D eigenvalue weighted by molar-refractivity contribution is 4.67. The molecule has 1 aliphatic rings. The van der Waals surface area contributed by atoms with Crippen LogP contribution in [0, 0.1) is 5.92 Å². The molecule has 1 atom stereocenters. The van der Waals surface area contributed by atoms with Crippen LogP contribution >= 0.6 is 0 Å². The predicted octanol–water partition coefficient (Wildman–Crippen LogP) is 1.34. The van der Waals surface area contributed by atoms with Gasteiger partial charge in [-0.2, -0.15) is 0 Å². The van der Waals surface area contributed by atoms with Gasteiger partial charge in [0.15, 0.2) is 0 Å². The molecule has 0 aromatic heterocycles. The molecule has 15 heavy (non-hydrogen) atoms. The zero-order valence-electron chi connectivity index (χ0n) is 10.3. The summed E-state index contributed by atoms with van der Waals surface area (Å²) in [6.45, 7) is 8.73. The molecule has 90 valence electrons. The van der Waals surface area contributed by atoms with Gasteiger partial charge in [0.1, 0.15) is 0 Å². The van der Waals surface area contributed by atoms with Crippen LogP contribution in [0.2, 0.25) is 0 Å². The van der Waals surface area contributed by atoms with Crippen molar-refractivity contribution in [3.05, 3.63) is 0 Å². The summed E-state index contributed by atoms with van der Waals surface area (Å²) < 4.78 is 5.48. The quantitative estimate of drug-likeness (QED) is 0.647. The minimum absolute atomic E-state index is 0.759. The monoisotopic (exact) mass is 214 g/mol.